The monoisotopic (exact) mass is 398 g/mol. The summed E-state index contributed by atoms with van der Waals surface area (Å²) < 4.78 is 18.3. The molecule has 0 unspecified atom stereocenters. The number of piperidine rings is 1. The lowest BCUT2D eigenvalue weighted by molar-refractivity contribution is -0.140. The van der Waals surface area contributed by atoms with Crippen molar-refractivity contribution in [1.29, 1.82) is 0 Å². The summed E-state index contributed by atoms with van der Waals surface area (Å²) in [6.07, 6.45) is 1.72. The van der Waals surface area contributed by atoms with Crippen LogP contribution in [0.15, 0.2) is 48.5 Å². The summed E-state index contributed by atoms with van der Waals surface area (Å²) in [7, 11) is 1.61. The van der Waals surface area contributed by atoms with Crippen molar-refractivity contribution in [2.75, 3.05) is 20.2 Å². The molecule has 2 amide bonds. The van der Waals surface area contributed by atoms with Gasteiger partial charge in [0.05, 0.1) is 18.9 Å². The van der Waals surface area contributed by atoms with Crippen molar-refractivity contribution >= 4 is 11.8 Å². The van der Waals surface area contributed by atoms with E-state index in [0.717, 1.165) is 29.7 Å². The highest BCUT2D eigenvalue weighted by atomic mass is 19.1. The molecule has 2 aromatic rings. The molecule has 154 valence electrons. The summed E-state index contributed by atoms with van der Waals surface area (Å²) in [6, 6.07) is 13.5. The quantitative estimate of drug-likeness (QED) is 0.812. The lowest BCUT2D eigenvalue weighted by atomic mass is 9.80. The Morgan fingerprint density at radius 3 is 2.66 bits per heavy atom. The summed E-state index contributed by atoms with van der Waals surface area (Å²) in [5, 5.41) is 3.00. The Balaban J connectivity index is 1.59. The molecule has 0 radical (unpaired) electrons. The number of methoxy groups -OCH3 is 1. The first-order valence-electron chi connectivity index (χ1n) is 9.83. The van der Waals surface area contributed by atoms with Crippen molar-refractivity contribution in [3.8, 4) is 5.75 Å². The van der Waals surface area contributed by atoms with Gasteiger partial charge in [-0.3, -0.25) is 9.59 Å². The molecule has 1 aliphatic heterocycles. The van der Waals surface area contributed by atoms with Crippen molar-refractivity contribution in [2.24, 2.45) is 5.41 Å². The predicted octanol–water partition coefficient (Wildman–Crippen LogP) is 3.32. The highest BCUT2D eigenvalue weighted by Gasteiger charge is 2.39. The Hall–Kier alpha value is -2.89. The smallest absolute Gasteiger partial charge is 0.227 e. The summed E-state index contributed by atoms with van der Waals surface area (Å²) in [5.41, 5.74) is 1.10. The minimum atomic E-state index is -0.629. The van der Waals surface area contributed by atoms with Crippen molar-refractivity contribution < 1.29 is 18.7 Å². The molecule has 5 nitrogen and oxygen atoms in total. The molecule has 0 saturated carbocycles. The zero-order chi connectivity index (χ0) is 20.9. The van der Waals surface area contributed by atoms with Gasteiger partial charge in [0.15, 0.2) is 0 Å². The lowest BCUT2D eigenvalue weighted by Crippen LogP contribution is -2.52. The molecule has 0 aliphatic carbocycles. The van der Waals surface area contributed by atoms with Crippen LogP contribution >= 0.6 is 0 Å². The third kappa shape index (κ3) is 5.34. The van der Waals surface area contributed by atoms with E-state index in [-0.39, 0.29) is 24.1 Å². The Kier molecular flexibility index (Phi) is 6.52. The number of ether oxygens (including phenoxy) is 1. The van der Waals surface area contributed by atoms with Gasteiger partial charge in [-0.1, -0.05) is 24.3 Å². The highest BCUT2D eigenvalue weighted by Crippen LogP contribution is 2.30. The number of hydrogen-bond donors (Lipinski definition) is 1. The number of amides is 2. The zero-order valence-electron chi connectivity index (χ0n) is 16.9. The van der Waals surface area contributed by atoms with E-state index in [2.05, 4.69) is 5.32 Å². The molecule has 1 saturated heterocycles. The topological polar surface area (TPSA) is 58.6 Å². The van der Waals surface area contributed by atoms with Gasteiger partial charge in [0.1, 0.15) is 11.6 Å². The summed E-state index contributed by atoms with van der Waals surface area (Å²) >= 11 is 0. The number of nitrogens with one attached hydrogen (secondary N) is 1. The van der Waals surface area contributed by atoms with Gasteiger partial charge in [-0.2, -0.15) is 0 Å². The molecule has 0 spiro atoms. The molecule has 1 fully saturated rings. The lowest BCUT2D eigenvalue weighted by Gasteiger charge is -2.39. The fraction of sp³-hybridized carbons (Fsp3) is 0.391. The van der Waals surface area contributed by atoms with Gasteiger partial charge < -0.3 is 15.0 Å². The van der Waals surface area contributed by atoms with E-state index >= 15 is 0 Å². The van der Waals surface area contributed by atoms with E-state index in [9.17, 15) is 14.0 Å². The van der Waals surface area contributed by atoms with Crippen LogP contribution in [-0.2, 0) is 22.6 Å². The molecule has 3 rings (SSSR count). The predicted molar refractivity (Wildman–Crippen MR) is 109 cm³/mol. The maximum atomic E-state index is 13.1. The van der Waals surface area contributed by atoms with Crippen molar-refractivity contribution in [2.45, 2.75) is 32.7 Å². The first-order valence-corrected chi connectivity index (χ1v) is 9.83. The second-order valence-electron chi connectivity index (χ2n) is 7.82. The fourth-order valence-corrected chi connectivity index (χ4v) is 3.70. The van der Waals surface area contributed by atoms with E-state index in [0.29, 0.717) is 19.6 Å². The molecule has 2 aromatic carbocycles. The first-order chi connectivity index (χ1) is 13.9. The largest absolute Gasteiger partial charge is 0.497 e. The SMILES string of the molecule is COc1cccc(CNC(=O)[C@]2(C)CCCN(C(=O)Cc3ccc(F)cc3)C2)c1. The average molecular weight is 398 g/mol. The maximum Gasteiger partial charge on any atom is 0.227 e. The Bertz CT molecular complexity index is 869. The van der Waals surface area contributed by atoms with Gasteiger partial charge >= 0.3 is 0 Å². The van der Waals surface area contributed by atoms with Crippen LogP contribution in [0.5, 0.6) is 5.75 Å². The van der Waals surface area contributed by atoms with Gasteiger partial charge in [-0.15, -0.1) is 0 Å². The van der Waals surface area contributed by atoms with Crippen LogP contribution in [0, 0.1) is 11.2 Å². The molecule has 0 aromatic heterocycles. The first kappa shape index (κ1) is 20.8. The normalized spacial score (nSPS) is 18.9. The average Bonchev–Trinajstić information content (AvgIpc) is 2.73. The van der Waals surface area contributed by atoms with E-state index in [1.807, 2.05) is 31.2 Å². The fourth-order valence-electron chi connectivity index (χ4n) is 3.70. The van der Waals surface area contributed by atoms with Crippen molar-refractivity contribution in [3.63, 3.8) is 0 Å². The number of carbonyl (C=O) groups is 2. The van der Waals surface area contributed by atoms with Gasteiger partial charge in [0.25, 0.3) is 0 Å². The molecule has 1 heterocycles. The van der Waals surface area contributed by atoms with Gasteiger partial charge in [0.2, 0.25) is 11.8 Å². The van der Waals surface area contributed by atoms with E-state index in [1.54, 1.807) is 24.1 Å². The van der Waals surface area contributed by atoms with Gasteiger partial charge in [0, 0.05) is 19.6 Å². The summed E-state index contributed by atoms with van der Waals surface area (Å²) in [5.74, 6) is 0.334. The molecule has 1 aliphatic rings. The van der Waals surface area contributed by atoms with E-state index in [1.165, 1.54) is 12.1 Å². The molecular weight excluding hydrogens is 371 g/mol. The Labute approximate surface area is 170 Å². The van der Waals surface area contributed by atoms with Crippen LogP contribution in [0.25, 0.3) is 0 Å². The second kappa shape index (κ2) is 9.07. The minimum absolute atomic E-state index is 0.0388. The van der Waals surface area contributed by atoms with Crippen LogP contribution in [-0.4, -0.2) is 36.9 Å². The molecule has 1 atom stereocenters. The van der Waals surface area contributed by atoms with Crippen LogP contribution in [0.3, 0.4) is 0 Å². The van der Waals surface area contributed by atoms with E-state index < -0.39 is 5.41 Å². The molecular formula is C23H27FN2O3. The number of likely N-dealkylation sites (tertiary alicyclic amines) is 1. The summed E-state index contributed by atoms with van der Waals surface area (Å²) in [6.45, 7) is 3.34. The third-order valence-electron chi connectivity index (χ3n) is 5.45. The Morgan fingerprint density at radius 1 is 1.17 bits per heavy atom. The summed E-state index contributed by atoms with van der Waals surface area (Å²) in [4.78, 5) is 27.3. The molecule has 6 heteroatoms. The number of halogens is 1. The number of nitrogens with zero attached hydrogens (tertiary/aromatic N) is 1. The minimum Gasteiger partial charge on any atom is -0.497 e. The van der Waals surface area contributed by atoms with E-state index in [4.69, 9.17) is 4.74 Å². The van der Waals surface area contributed by atoms with Gasteiger partial charge in [-0.25, -0.2) is 4.39 Å². The second-order valence-corrected chi connectivity index (χ2v) is 7.82. The molecule has 1 N–H and O–H groups in total. The Morgan fingerprint density at radius 2 is 1.93 bits per heavy atom. The van der Waals surface area contributed by atoms with Gasteiger partial charge in [-0.05, 0) is 55.2 Å². The van der Waals surface area contributed by atoms with Crippen molar-refractivity contribution in [1.82, 2.24) is 10.2 Å². The maximum absolute atomic E-state index is 13.1. The highest BCUT2D eigenvalue weighted by molar-refractivity contribution is 5.84. The number of rotatable bonds is 6. The van der Waals surface area contributed by atoms with Crippen molar-refractivity contribution in [3.05, 3.63) is 65.5 Å². The molecule has 29 heavy (non-hydrogen) atoms. The third-order valence-corrected chi connectivity index (χ3v) is 5.45. The van der Waals surface area contributed by atoms with Crippen LogP contribution in [0.1, 0.15) is 30.9 Å². The van der Waals surface area contributed by atoms with Crippen LogP contribution in [0.2, 0.25) is 0 Å². The number of hydrogen-bond acceptors (Lipinski definition) is 3. The van der Waals surface area contributed by atoms with Crippen LogP contribution in [0.4, 0.5) is 4.39 Å². The number of carbonyl (C=O) groups excluding carboxylic acids is 2. The standard InChI is InChI=1S/C23H27FN2O3/c1-23(22(28)25-15-18-5-3-6-20(13-18)29-2)11-4-12-26(16-23)21(27)14-17-7-9-19(24)10-8-17/h3,5-10,13H,4,11-12,14-16H2,1-2H3,(H,25,28)/t23-/m1/s1. The zero-order valence-corrected chi connectivity index (χ0v) is 16.9. The van der Waals surface area contributed by atoms with Crippen LogP contribution < -0.4 is 10.1 Å². The molecule has 0 bridgehead atoms. The number of benzene rings is 2.